The van der Waals surface area contributed by atoms with Crippen molar-refractivity contribution < 1.29 is 19.1 Å². The van der Waals surface area contributed by atoms with Gasteiger partial charge in [0.15, 0.2) is 6.61 Å². The minimum Gasteiger partial charge on any atom is -0.452 e. The van der Waals surface area contributed by atoms with Crippen molar-refractivity contribution in [3.63, 3.8) is 0 Å². The van der Waals surface area contributed by atoms with Gasteiger partial charge in [-0.1, -0.05) is 18.2 Å². The molecule has 0 spiro atoms. The molecule has 0 radical (unpaired) electrons. The first-order valence-electron chi connectivity index (χ1n) is 9.59. The Balaban J connectivity index is 1.34. The standard InChI is InChI=1S/C22H22N2O4/c25-20(13-28-22(27)16-9-8-14-4-3-5-15(14)12-16)24-19-7-2-1-6-18(19)21(26)23-17-10-11-17/h1-2,6-9,12,17H,3-5,10-11,13H2,(H,23,26)(H,24,25). The summed E-state index contributed by atoms with van der Waals surface area (Å²) in [5.74, 6) is -1.22. The summed E-state index contributed by atoms with van der Waals surface area (Å²) >= 11 is 0. The van der Waals surface area contributed by atoms with Crippen molar-refractivity contribution in [2.75, 3.05) is 11.9 Å². The molecule has 28 heavy (non-hydrogen) atoms. The molecule has 0 atom stereocenters. The highest BCUT2D eigenvalue weighted by Crippen LogP contribution is 2.23. The number of carbonyl (C=O) groups is 3. The van der Waals surface area contributed by atoms with Crippen LogP contribution in [0.25, 0.3) is 0 Å². The highest BCUT2D eigenvalue weighted by Gasteiger charge is 2.25. The number of benzene rings is 2. The molecule has 2 aliphatic rings. The fourth-order valence-electron chi connectivity index (χ4n) is 3.38. The van der Waals surface area contributed by atoms with Crippen molar-refractivity contribution in [3.8, 4) is 0 Å². The highest BCUT2D eigenvalue weighted by atomic mass is 16.5. The van der Waals surface area contributed by atoms with E-state index in [2.05, 4.69) is 10.6 Å². The lowest BCUT2D eigenvalue weighted by Gasteiger charge is -2.11. The van der Waals surface area contributed by atoms with Crippen molar-refractivity contribution in [2.24, 2.45) is 0 Å². The Labute approximate surface area is 163 Å². The maximum absolute atomic E-state index is 12.3. The molecule has 0 unspecified atom stereocenters. The average molecular weight is 378 g/mol. The molecule has 1 fully saturated rings. The van der Waals surface area contributed by atoms with Gasteiger partial charge in [-0.05, 0) is 67.5 Å². The van der Waals surface area contributed by atoms with Crippen molar-refractivity contribution >= 4 is 23.5 Å². The van der Waals surface area contributed by atoms with Crippen LogP contribution in [0.3, 0.4) is 0 Å². The monoisotopic (exact) mass is 378 g/mol. The summed E-state index contributed by atoms with van der Waals surface area (Å²) in [5.41, 5.74) is 3.70. The molecular formula is C22H22N2O4. The minimum absolute atomic E-state index is 0.214. The van der Waals surface area contributed by atoms with Crippen molar-refractivity contribution in [3.05, 3.63) is 64.7 Å². The Morgan fingerprint density at radius 3 is 2.61 bits per heavy atom. The number of ether oxygens (including phenoxy) is 1. The highest BCUT2D eigenvalue weighted by molar-refractivity contribution is 6.04. The molecule has 2 N–H and O–H groups in total. The van der Waals surface area contributed by atoms with E-state index in [-0.39, 0.29) is 11.9 Å². The Morgan fingerprint density at radius 2 is 1.79 bits per heavy atom. The van der Waals surface area contributed by atoms with Gasteiger partial charge in [-0.25, -0.2) is 4.79 Å². The summed E-state index contributed by atoms with van der Waals surface area (Å²) in [6.07, 6.45) is 5.08. The van der Waals surface area contributed by atoms with Crippen molar-refractivity contribution in [2.45, 2.75) is 38.1 Å². The number of hydrogen-bond acceptors (Lipinski definition) is 4. The van der Waals surface area contributed by atoms with Gasteiger partial charge in [0.2, 0.25) is 0 Å². The lowest BCUT2D eigenvalue weighted by atomic mass is 10.1. The molecule has 2 amide bonds. The molecule has 0 aliphatic heterocycles. The van der Waals surface area contributed by atoms with Gasteiger partial charge < -0.3 is 15.4 Å². The summed E-state index contributed by atoms with van der Waals surface area (Å²) < 4.78 is 5.15. The number of para-hydroxylation sites is 1. The number of amides is 2. The third-order valence-electron chi connectivity index (χ3n) is 5.03. The van der Waals surface area contributed by atoms with E-state index in [9.17, 15) is 14.4 Å². The average Bonchev–Trinajstić information content (AvgIpc) is 3.39. The summed E-state index contributed by atoms with van der Waals surface area (Å²) in [5, 5.41) is 5.56. The first kappa shape index (κ1) is 18.2. The van der Waals surface area contributed by atoms with Crippen LogP contribution in [0, 0.1) is 0 Å². The van der Waals surface area contributed by atoms with Gasteiger partial charge in [0, 0.05) is 6.04 Å². The normalized spacial score (nSPS) is 14.9. The van der Waals surface area contributed by atoms with Gasteiger partial charge in [-0.3, -0.25) is 9.59 Å². The van der Waals surface area contributed by atoms with Gasteiger partial charge >= 0.3 is 5.97 Å². The molecule has 0 heterocycles. The molecule has 4 rings (SSSR count). The number of aryl methyl sites for hydroxylation is 2. The molecule has 2 aromatic carbocycles. The molecular weight excluding hydrogens is 356 g/mol. The number of nitrogens with one attached hydrogen (secondary N) is 2. The first-order chi connectivity index (χ1) is 13.6. The van der Waals surface area contributed by atoms with Crippen LogP contribution in [0.4, 0.5) is 5.69 Å². The van der Waals surface area contributed by atoms with Crippen LogP contribution in [0.15, 0.2) is 42.5 Å². The largest absolute Gasteiger partial charge is 0.452 e. The topological polar surface area (TPSA) is 84.5 Å². The molecule has 6 nitrogen and oxygen atoms in total. The first-order valence-corrected chi connectivity index (χ1v) is 9.59. The maximum atomic E-state index is 12.3. The molecule has 6 heteroatoms. The SMILES string of the molecule is O=C(COC(=O)c1ccc2c(c1)CCC2)Nc1ccccc1C(=O)NC1CC1. The van der Waals surface area contributed by atoms with Crippen molar-refractivity contribution in [1.82, 2.24) is 5.32 Å². The molecule has 144 valence electrons. The molecule has 2 aromatic rings. The third kappa shape index (κ3) is 4.22. The van der Waals surface area contributed by atoms with Gasteiger partial charge in [0.1, 0.15) is 0 Å². The zero-order chi connectivity index (χ0) is 19.5. The fourth-order valence-corrected chi connectivity index (χ4v) is 3.38. The Kier molecular flexibility index (Phi) is 5.10. The zero-order valence-electron chi connectivity index (χ0n) is 15.5. The summed E-state index contributed by atoms with van der Waals surface area (Å²) in [6.45, 7) is -0.408. The van der Waals surface area contributed by atoms with Gasteiger partial charge in [-0.2, -0.15) is 0 Å². The molecule has 0 aromatic heterocycles. The van der Waals surface area contributed by atoms with Gasteiger partial charge in [-0.15, -0.1) is 0 Å². The van der Waals surface area contributed by atoms with Crippen LogP contribution >= 0.6 is 0 Å². The summed E-state index contributed by atoms with van der Waals surface area (Å²) in [7, 11) is 0. The number of rotatable bonds is 6. The zero-order valence-corrected chi connectivity index (χ0v) is 15.5. The van der Waals surface area contributed by atoms with Crippen LogP contribution in [0.5, 0.6) is 0 Å². The van der Waals surface area contributed by atoms with Crippen LogP contribution in [-0.4, -0.2) is 30.4 Å². The molecule has 0 bridgehead atoms. The van der Waals surface area contributed by atoms with E-state index < -0.39 is 18.5 Å². The van der Waals surface area contributed by atoms with E-state index in [4.69, 9.17) is 4.74 Å². The third-order valence-corrected chi connectivity index (χ3v) is 5.03. The van der Waals surface area contributed by atoms with Crippen LogP contribution in [0.1, 0.15) is 51.1 Å². The van der Waals surface area contributed by atoms with Gasteiger partial charge in [0.05, 0.1) is 16.8 Å². The van der Waals surface area contributed by atoms with E-state index in [1.807, 2.05) is 12.1 Å². The summed E-state index contributed by atoms with van der Waals surface area (Å²) in [4.78, 5) is 36.8. The Bertz CT molecular complexity index is 934. The number of hydrogen-bond donors (Lipinski definition) is 2. The number of carbonyl (C=O) groups excluding carboxylic acids is 3. The van der Waals surface area contributed by atoms with Crippen LogP contribution in [0.2, 0.25) is 0 Å². The minimum atomic E-state index is -0.524. The van der Waals surface area contributed by atoms with E-state index in [1.54, 1.807) is 30.3 Å². The lowest BCUT2D eigenvalue weighted by Crippen LogP contribution is -2.28. The lowest BCUT2D eigenvalue weighted by molar-refractivity contribution is -0.119. The smallest absolute Gasteiger partial charge is 0.338 e. The second-order valence-electron chi connectivity index (χ2n) is 7.25. The number of fused-ring (bicyclic) bond motifs is 1. The fraction of sp³-hybridized carbons (Fsp3) is 0.318. The Hall–Kier alpha value is -3.15. The predicted octanol–water partition coefficient (Wildman–Crippen LogP) is 2.86. The molecule has 0 saturated heterocycles. The Morgan fingerprint density at radius 1 is 1.00 bits per heavy atom. The second kappa shape index (κ2) is 7.84. The van der Waals surface area contributed by atoms with Gasteiger partial charge in [0.25, 0.3) is 11.8 Å². The van der Waals surface area contributed by atoms with E-state index in [0.717, 1.165) is 32.1 Å². The van der Waals surface area contributed by atoms with E-state index in [1.165, 1.54) is 11.1 Å². The quantitative estimate of drug-likeness (QED) is 0.757. The molecule has 2 aliphatic carbocycles. The second-order valence-corrected chi connectivity index (χ2v) is 7.25. The molecule has 1 saturated carbocycles. The van der Waals surface area contributed by atoms with E-state index >= 15 is 0 Å². The summed E-state index contributed by atoms with van der Waals surface area (Å²) in [6, 6.07) is 12.6. The maximum Gasteiger partial charge on any atom is 0.338 e. The van der Waals surface area contributed by atoms with Crippen molar-refractivity contribution in [1.29, 1.82) is 0 Å². The van der Waals surface area contributed by atoms with E-state index in [0.29, 0.717) is 16.8 Å². The number of anilines is 1. The number of esters is 1. The van der Waals surface area contributed by atoms with Crippen LogP contribution in [-0.2, 0) is 22.4 Å². The van der Waals surface area contributed by atoms with Crippen LogP contribution < -0.4 is 10.6 Å². The predicted molar refractivity (Wildman–Crippen MR) is 104 cm³/mol.